The monoisotopic (exact) mass is 531 g/mol. The Morgan fingerprint density at radius 2 is 1.97 bits per heavy atom. The lowest BCUT2D eigenvalue weighted by Crippen LogP contribution is -2.19. The van der Waals surface area contributed by atoms with Crippen molar-refractivity contribution < 1.29 is 14.3 Å². The van der Waals surface area contributed by atoms with Crippen LogP contribution in [0.4, 0.5) is 0 Å². The zero-order chi connectivity index (χ0) is 23.9. The first-order valence-corrected chi connectivity index (χ1v) is 12.6. The number of rotatable bonds is 9. The van der Waals surface area contributed by atoms with Crippen LogP contribution in [0.5, 0.6) is 11.5 Å². The Labute approximate surface area is 214 Å². The van der Waals surface area contributed by atoms with E-state index >= 15 is 0 Å². The second-order valence-electron chi connectivity index (χ2n) is 6.98. The fourth-order valence-electron chi connectivity index (χ4n) is 2.93. The predicted molar refractivity (Wildman–Crippen MR) is 140 cm³/mol. The topological polar surface area (TPSA) is 72.8 Å². The van der Waals surface area contributed by atoms with Gasteiger partial charge in [0.1, 0.15) is 6.61 Å². The molecule has 174 valence electrons. The second-order valence-corrected chi connectivity index (χ2v) is 10.0. The van der Waals surface area contributed by atoms with E-state index in [4.69, 9.17) is 32.7 Å². The highest BCUT2D eigenvalue weighted by Gasteiger charge is 2.09. The van der Waals surface area contributed by atoms with E-state index in [1.54, 1.807) is 48.9 Å². The first-order valence-electron chi connectivity index (χ1n) is 10.1. The van der Waals surface area contributed by atoms with Gasteiger partial charge in [-0.15, -0.1) is 11.3 Å². The maximum absolute atomic E-state index is 12.1. The van der Waals surface area contributed by atoms with Crippen molar-refractivity contribution in [2.75, 3.05) is 12.9 Å². The van der Waals surface area contributed by atoms with Gasteiger partial charge in [-0.2, -0.15) is 5.10 Å². The SMILES string of the molecule is COc1cc(/C=N/NC(=O)CSc2nc3ccccc3s2)ccc1OCc1ccc(Cl)c(Cl)c1. The molecule has 1 N–H and O–H groups in total. The standard InChI is InChI=1S/C24H19Cl2N3O3S2/c1-31-21-11-15(7-9-20(21)32-13-16-6-8-17(25)18(26)10-16)12-27-29-23(30)14-33-24-28-19-4-2-3-5-22(19)34-24/h2-12H,13-14H2,1H3,(H,29,30)/b27-12+. The fourth-order valence-corrected chi connectivity index (χ4v) is 5.11. The summed E-state index contributed by atoms with van der Waals surface area (Å²) in [7, 11) is 1.56. The normalized spacial score (nSPS) is 11.1. The number of thioether (sulfide) groups is 1. The Morgan fingerprint density at radius 3 is 2.76 bits per heavy atom. The first-order chi connectivity index (χ1) is 16.5. The molecule has 34 heavy (non-hydrogen) atoms. The molecule has 0 aliphatic rings. The minimum atomic E-state index is -0.214. The van der Waals surface area contributed by atoms with Gasteiger partial charge in [0.15, 0.2) is 15.8 Å². The molecule has 3 aromatic carbocycles. The van der Waals surface area contributed by atoms with Crippen molar-refractivity contribution in [3.8, 4) is 11.5 Å². The summed E-state index contributed by atoms with van der Waals surface area (Å²) in [4.78, 5) is 16.6. The van der Waals surface area contributed by atoms with Crippen LogP contribution in [0.2, 0.25) is 10.0 Å². The molecule has 4 aromatic rings. The van der Waals surface area contributed by atoms with E-state index in [-0.39, 0.29) is 11.7 Å². The highest BCUT2D eigenvalue weighted by molar-refractivity contribution is 8.01. The highest BCUT2D eigenvalue weighted by atomic mass is 35.5. The van der Waals surface area contributed by atoms with Gasteiger partial charge in [-0.3, -0.25) is 4.79 Å². The zero-order valence-corrected chi connectivity index (χ0v) is 21.1. The molecule has 0 bridgehead atoms. The van der Waals surface area contributed by atoms with Crippen molar-refractivity contribution in [3.05, 3.63) is 81.8 Å². The summed E-state index contributed by atoms with van der Waals surface area (Å²) >= 11 is 15.0. The number of hydrogen-bond acceptors (Lipinski definition) is 7. The van der Waals surface area contributed by atoms with Gasteiger partial charge < -0.3 is 9.47 Å². The van der Waals surface area contributed by atoms with E-state index in [0.717, 1.165) is 25.7 Å². The largest absolute Gasteiger partial charge is 0.493 e. The van der Waals surface area contributed by atoms with Crippen LogP contribution in [-0.4, -0.2) is 30.0 Å². The Kier molecular flexibility index (Phi) is 8.29. The van der Waals surface area contributed by atoms with Gasteiger partial charge in [0.2, 0.25) is 0 Å². The van der Waals surface area contributed by atoms with Crippen molar-refractivity contribution in [1.29, 1.82) is 0 Å². The Morgan fingerprint density at radius 1 is 1.12 bits per heavy atom. The second kappa shape index (κ2) is 11.6. The van der Waals surface area contributed by atoms with Gasteiger partial charge in [-0.25, -0.2) is 10.4 Å². The molecular weight excluding hydrogens is 513 g/mol. The number of halogens is 2. The van der Waals surface area contributed by atoms with Crippen LogP contribution in [0.25, 0.3) is 10.2 Å². The summed E-state index contributed by atoms with van der Waals surface area (Å²) in [6.07, 6.45) is 1.55. The lowest BCUT2D eigenvalue weighted by molar-refractivity contribution is -0.118. The molecule has 4 rings (SSSR count). The summed E-state index contributed by atoms with van der Waals surface area (Å²) in [6.45, 7) is 0.309. The number of aromatic nitrogens is 1. The molecule has 0 fully saturated rings. The summed E-state index contributed by atoms with van der Waals surface area (Å²) < 4.78 is 13.2. The first kappa shape index (κ1) is 24.3. The van der Waals surface area contributed by atoms with Gasteiger partial charge in [0.25, 0.3) is 5.91 Å². The third-order valence-electron chi connectivity index (χ3n) is 4.57. The molecule has 0 atom stereocenters. The van der Waals surface area contributed by atoms with E-state index < -0.39 is 0 Å². The van der Waals surface area contributed by atoms with Crippen molar-refractivity contribution in [2.45, 2.75) is 10.9 Å². The molecule has 0 radical (unpaired) electrons. The van der Waals surface area contributed by atoms with Gasteiger partial charge in [0, 0.05) is 0 Å². The number of fused-ring (bicyclic) bond motifs is 1. The molecule has 6 nitrogen and oxygen atoms in total. The minimum absolute atomic E-state index is 0.214. The number of nitrogens with zero attached hydrogens (tertiary/aromatic N) is 2. The fraction of sp³-hybridized carbons (Fsp3) is 0.125. The molecule has 1 aromatic heterocycles. The lowest BCUT2D eigenvalue weighted by atomic mass is 10.2. The summed E-state index contributed by atoms with van der Waals surface area (Å²) in [6, 6.07) is 18.6. The van der Waals surface area contributed by atoms with Crippen LogP contribution in [-0.2, 0) is 11.4 Å². The highest BCUT2D eigenvalue weighted by Crippen LogP contribution is 2.30. The van der Waals surface area contributed by atoms with Crippen LogP contribution in [0.3, 0.4) is 0 Å². The summed E-state index contributed by atoms with van der Waals surface area (Å²) in [5.41, 5.74) is 5.10. The number of carbonyl (C=O) groups is 1. The molecule has 0 unspecified atom stereocenters. The van der Waals surface area contributed by atoms with Crippen molar-refractivity contribution >= 4 is 68.6 Å². The number of carbonyl (C=O) groups excluding carboxylic acids is 1. The zero-order valence-electron chi connectivity index (χ0n) is 18.0. The Balaban J connectivity index is 1.29. The van der Waals surface area contributed by atoms with Crippen molar-refractivity contribution in [1.82, 2.24) is 10.4 Å². The number of amides is 1. The van der Waals surface area contributed by atoms with E-state index in [1.807, 2.05) is 36.4 Å². The van der Waals surface area contributed by atoms with Crippen LogP contribution in [0.15, 0.2) is 70.1 Å². The molecular formula is C24H19Cl2N3O3S2. The third-order valence-corrected chi connectivity index (χ3v) is 7.49. The van der Waals surface area contributed by atoms with Gasteiger partial charge >= 0.3 is 0 Å². The number of thiazole rings is 1. The Bertz CT molecular complexity index is 1310. The predicted octanol–water partition coefficient (Wildman–Crippen LogP) is 6.43. The molecule has 0 spiro atoms. The van der Waals surface area contributed by atoms with Gasteiger partial charge in [-0.1, -0.05) is 53.2 Å². The quantitative estimate of drug-likeness (QED) is 0.153. The van der Waals surface area contributed by atoms with E-state index in [1.165, 1.54) is 11.8 Å². The maximum atomic E-state index is 12.1. The average Bonchev–Trinajstić information content (AvgIpc) is 3.27. The van der Waals surface area contributed by atoms with E-state index in [2.05, 4.69) is 15.5 Å². The molecule has 0 saturated carbocycles. The van der Waals surface area contributed by atoms with Gasteiger partial charge in [-0.05, 0) is 53.6 Å². The number of ether oxygens (including phenoxy) is 2. The van der Waals surface area contributed by atoms with Gasteiger partial charge in [0.05, 0.1) is 39.3 Å². The molecule has 1 heterocycles. The van der Waals surface area contributed by atoms with Crippen molar-refractivity contribution in [3.63, 3.8) is 0 Å². The van der Waals surface area contributed by atoms with Crippen molar-refractivity contribution in [2.24, 2.45) is 5.10 Å². The van der Waals surface area contributed by atoms with Crippen LogP contribution in [0.1, 0.15) is 11.1 Å². The summed E-state index contributed by atoms with van der Waals surface area (Å²) in [5, 5.41) is 5.00. The van der Waals surface area contributed by atoms with E-state index in [9.17, 15) is 4.79 Å². The third kappa shape index (κ3) is 6.42. The molecule has 0 saturated heterocycles. The summed E-state index contributed by atoms with van der Waals surface area (Å²) in [5.74, 6) is 1.12. The maximum Gasteiger partial charge on any atom is 0.250 e. The number of methoxy groups -OCH3 is 1. The molecule has 1 amide bonds. The van der Waals surface area contributed by atoms with Crippen LogP contribution in [0, 0.1) is 0 Å². The number of hydrogen-bond donors (Lipinski definition) is 1. The van der Waals surface area contributed by atoms with E-state index in [0.29, 0.717) is 28.2 Å². The number of nitrogens with one attached hydrogen (secondary N) is 1. The number of hydrazone groups is 1. The molecule has 0 aliphatic carbocycles. The lowest BCUT2D eigenvalue weighted by Gasteiger charge is -2.11. The smallest absolute Gasteiger partial charge is 0.250 e. The van der Waals surface area contributed by atoms with Crippen LogP contribution >= 0.6 is 46.3 Å². The molecule has 0 aliphatic heterocycles. The Hall–Kier alpha value is -2.78. The minimum Gasteiger partial charge on any atom is -0.493 e. The number of benzene rings is 3. The average molecular weight is 532 g/mol. The van der Waals surface area contributed by atoms with Crippen LogP contribution < -0.4 is 14.9 Å². The number of para-hydroxylation sites is 1. The molecule has 10 heteroatoms.